The molecule has 1 aromatic heterocycles. The van der Waals surface area contributed by atoms with E-state index in [-0.39, 0.29) is 17.3 Å². The van der Waals surface area contributed by atoms with Gasteiger partial charge in [0.1, 0.15) is 0 Å². The summed E-state index contributed by atoms with van der Waals surface area (Å²) in [7, 11) is 2.36. The van der Waals surface area contributed by atoms with Crippen LogP contribution in [0.3, 0.4) is 0 Å². The van der Waals surface area contributed by atoms with Gasteiger partial charge in [0.05, 0.1) is 19.8 Å². The highest BCUT2D eigenvalue weighted by Gasteiger charge is 2.28. The lowest BCUT2D eigenvalue weighted by atomic mass is 10.2. The Labute approximate surface area is 138 Å². The molecule has 0 bridgehead atoms. The first kappa shape index (κ1) is 15.8. The second kappa shape index (κ2) is 6.44. The second-order valence-electron chi connectivity index (χ2n) is 3.80. The Morgan fingerprint density at radius 1 is 1.24 bits per heavy atom. The van der Waals surface area contributed by atoms with Gasteiger partial charge in [0, 0.05) is 8.59 Å². The van der Waals surface area contributed by atoms with Gasteiger partial charge in [0.15, 0.2) is 0 Å². The molecule has 0 aliphatic rings. The number of hydrogen-bond donors (Lipinski definition) is 0. The molecule has 0 N–H and O–H groups in total. The van der Waals surface area contributed by atoms with Crippen molar-refractivity contribution in [2.45, 2.75) is 0 Å². The summed E-state index contributed by atoms with van der Waals surface area (Å²) in [6, 6.07) is 5.09. The third kappa shape index (κ3) is 3.18. The van der Waals surface area contributed by atoms with Crippen LogP contribution in [0.15, 0.2) is 22.6 Å². The van der Waals surface area contributed by atoms with E-state index in [2.05, 4.69) is 37.0 Å². The molecule has 0 atom stereocenters. The van der Waals surface area contributed by atoms with Crippen LogP contribution in [0.5, 0.6) is 0 Å². The summed E-state index contributed by atoms with van der Waals surface area (Å²) in [6.45, 7) is 0. The van der Waals surface area contributed by atoms with Gasteiger partial charge in [-0.1, -0.05) is 11.6 Å². The van der Waals surface area contributed by atoms with E-state index in [1.54, 1.807) is 18.2 Å². The van der Waals surface area contributed by atoms with Gasteiger partial charge in [0.25, 0.3) is 0 Å². The van der Waals surface area contributed by atoms with Crippen molar-refractivity contribution in [3.05, 3.63) is 38.2 Å². The van der Waals surface area contributed by atoms with Crippen LogP contribution in [0.2, 0.25) is 5.02 Å². The van der Waals surface area contributed by atoms with Gasteiger partial charge < -0.3 is 13.9 Å². The van der Waals surface area contributed by atoms with E-state index < -0.39 is 11.9 Å². The van der Waals surface area contributed by atoms with E-state index in [1.807, 2.05) is 0 Å². The second-order valence-corrected chi connectivity index (χ2v) is 5.40. The van der Waals surface area contributed by atoms with Crippen molar-refractivity contribution in [2.75, 3.05) is 14.2 Å². The van der Waals surface area contributed by atoms with Crippen LogP contribution in [0.1, 0.15) is 21.0 Å². The first-order valence-corrected chi connectivity index (χ1v) is 7.06. The highest BCUT2D eigenvalue weighted by atomic mass is 127. The quantitative estimate of drug-likeness (QED) is 0.559. The number of ether oxygens (including phenoxy) is 2. The Hall–Kier alpha value is -1.61. The van der Waals surface area contributed by atoms with E-state index in [9.17, 15) is 9.59 Å². The first-order chi connectivity index (χ1) is 9.97. The molecule has 0 aliphatic heterocycles. The van der Waals surface area contributed by atoms with Crippen molar-refractivity contribution in [1.29, 1.82) is 0 Å². The highest BCUT2D eigenvalue weighted by Crippen LogP contribution is 2.29. The Balaban J connectivity index is 2.61. The van der Waals surface area contributed by atoms with Crippen molar-refractivity contribution >= 4 is 46.1 Å². The SMILES string of the molecule is COC(=O)c1nc(-c2cc(Cl)ccc2I)oc1C(=O)OC. The van der Waals surface area contributed by atoms with Crippen molar-refractivity contribution in [1.82, 2.24) is 4.98 Å². The Morgan fingerprint density at radius 2 is 1.90 bits per heavy atom. The smallest absolute Gasteiger partial charge is 0.376 e. The number of hydrogen-bond acceptors (Lipinski definition) is 6. The summed E-state index contributed by atoms with van der Waals surface area (Å²) >= 11 is 8.00. The molecule has 1 aromatic carbocycles. The van der Waals surface area contributed by atoms with E-state index >= 15 is 0 Å². The number of carbonyl (C=O) groups excluding carboxylic acids is 2. The summed E-state index contributed by atoms with van der Waals surface area (Å²) in [4.78, 5) is 27.3. The number of methoxy groups -OCH3 is 2. The zero-order valence-electron chi connectivity index (χ0n) is 11.0. The van der Waals surface area contributed by atoms with E-state index in [4.69, 9.17) is 16.0 Å². The number of rotatable bonds is 3. The molecule has 0 spiro atoms. The minimum absolute atomic E-state index is 0.0858. The highest BCUT2D eigenvalue weighted by molar-refractivity contribution is 14.1. The van der Waals surface area contributed by atoms with Crippen LogP contribution in [0.4, 0.5) is 0 Å². The van der Waals surface area contributed by atoms with Gasteiger partial charge in [-0.25, -0.2) is 14.6 Å². The fourth-order valence-corrected chi connectivity index (χ4v) is 2.30. The van der Waals surface area contributed by atoms with Crippen molar-refractivity contribution in [3.63, 3.8) is 0 Å². The first-order valence-electron chi connectivity index (χ1n) is 5.60. The number of benzene rings is 1. The lowest BCUT2D eigenvalue weighted by molar-refractivity contribution is 0.0527. The lowest BCUT2D eigenvalue weighted by Gasteiger charge is -2.00. The Kier molecular flexibility index (Phi) is 4.84. The number of oxazole rings is 1. The fraction of sp³-hybridized carbons (Fsp3) is 0.154. The monoisotopic (exact) mass is 421 g/mol. The molecule has 0 fully saturated rings. The summed E-state index contributed by atoms with van der Waals surface area (Å²) < 4.78 is 15.3. The lowest BCUT2D eigenvalue weighted by Crippen LogP contribution is -2.10. The van der Waals surface area contributed by atoms with Crippen molar-refractivity contribution in [3.8, 4) is 11.5 Å². The van der Waals surface area contributed by atoms with Crippen molar-refractivity contribution < 1.29 is 23.5 Å². The maximum atomic E-state index is 11.7. The van der Waals surface area contributed by atoms with Crippen LogP contribution < -0.4 is 0 Å². The van der Waals surface area contributed by atoms with Gasteiger partial charge >= 0.3 is 11.9 Å². The van der Waals surface area contributed by atoms with Crippen LogP contribution in [-0.2, 0) is 9.47 Å². The molecule has 0 saturated carbocycles. The minimum Gasteiger partial charge on any atom is -0.464 e. The average Bonchev–Trinajstić information content (AvgIpc) is 2.93. The van der Waals surface area contributed by atoms with Gasteiger partial charge in [-0.2, -0.15) is 0 Å². The zero-order valence-corrected chi connectivity index (χ0v) is 13.9. The Bertz CT molecular complexity index is 679. The third-order valence-electron chi connectivity index (χ3n) is 2.54. The molecule has 110 valence electrons. The van der Waals surface area contributed by atoms with Crippen LogP contribution in [0.25, 0.3) is 11.5 Å². The summed E-state index contributed by atoms with van der Waals surface area (Å²) in [6.07, 6.45) is 0. The predicted molar refractivity (Wildman–Crippen MR) is 82.3 cm³/mol. The molecule has 8 heteroatoms. The molecule has 2 aromatic rings. The normalized spacial score (nSPS) is 10.3. The standard InChI is InChI=1S/C13H9ClINO5/c1-19-12(17)9-10(13(18)20-2)21-11(16-9)7-5-6(14)3-4-8(7)15/h3-5H,1-2H3. The zero-order chi connectivity index (χ0) is 15.6. The number of halogens is 2. The molecule has 21 heavy (non-hydrogen) atoms. The summed E-state index contributed by atoms with van der Waals surface area (Å²) in [5.74, 6) is -1.83. The maximum Gasteiger partial charge on any atom is 0.376 e. The van der Waals surface area contributed by atoms with Gasteiger partial charge in [-0.15, -0.1) is 0 Å². The predicted octanol–water partition coefficient (Wildman–Crippen LogP) is 3.17. The van der Waals surface area contributed by atoms with Gasteiger partial charge in [-0.05, 0) is 40.8 Å². The van der Waals surface area contributed by atoms with Crippen molar-refractivity contribution in [2.24, 2.45) is 0 Å². The number of aromatic nitrogens is 1. The average molecular weight is 422 g/mol. The van der Waals surface area contributed by atoms with E-state index in [0.717, 1.165) is 3.57 Å². The molecule has 6 nitrogen and oxygen atoms in total. The molecule has 1 heterocycles. The molecular weight excluding hydrogens is 413 g/mol. The molecular formula is C13H9ClINO5. The maximum absolute atomic E-state index is 11.7. The van der Waals surface area contributed by atoms with Crippen LogP contribution in [-0.4, -0.2) is 31.1 Å². The molecule has 0 amide bonds. The largest absolute Gasteiger partial charge is 0.464 e. The molecule has 0 saturated heterocycles. The topological polar surface area (TPSA) is 78.6 Å². The van der Waals surface area contributed by atoms with E-state index in [1.165, 1.54) is 14.2 Å². The van der Waals surface area contributed by atoms with Gasteiger partial charge in [0.2, 0.25) is 17.3 Å². The van der Waals surface area contributed by atoms with Crippen LogP contribution >= 0.6 is 34.2 Å². The third-order valence-corrected chi connectivity index (χ3v) is 3.71. The fourth-order valence-electron chi connectivity index (χ4n) is 1.56. The Morgan fingerprint density at radius 3 is 2.52 bits per heavy atom. The molecule has 2 rings (SSSR count). The molecule has 0 radical (unpaired) electrons. The van der Waals surface area contributed by atoms with Gasteiger partial charge in [-0.3, -0.25) is 0 Å². The number of esters is 2. The summed E-state index contributed by atoms with van der Waals surface area (Å²) in [5, 5.41) is 0.475. The minimum atomic E-state index is -0.814. The summed E-state index contributed by atoms with van der Waals surface area (Å²) in [5.41, 5.74) is 0.318. The number of carbonyl (C=O) groups is 2. The van der Waals surface area contributed by atoms with E-state index in [0.29, 0.717) is 10.6 Å². The molecule has 0 unspecified atom stereocenters. The van der Waals surface area contributed by atoms with Crippen LogP contribution in [0, 0.1) is 3.57 Å². The molecule has 0 aliphatic carbocycles. The number of nitrogens with zero attached hydrogens (tertiary/aromatic N) is 1.